The molecule has 0 heterocycles. The molecule has 104 valence electrons. The molecule has 20 heavy (non-hydrogen) atoms. The second kappa shape index (κ2) is 6.82. The second-order valence-corrected chi connectivity index (χ2v) is 4.44. The molecule has 0 aliphatic carbocycles. The molecule has 2 rings (SSSR count). The summed E-state index contributed by atoms with van der Waals surface area (Å²) in [7, 11) is 1.61. The molecule has 1 amide bonds. The predicted octanol–water partition coefficient (Wildman–Crippen LogP) is 2.90. The Kier molecular flexibility index (Phi) is 4.85. The van der Waals surface area contributed by atoms with Crippen molar-refractivity contribution in [2.45, 2.75) is 13.2 Å². The third kappa shape index (κ3) is 3.90. The number of nitrogens with one attached hydrogen (secondary N) is 1. The van der Waals surface area contributed by atoms with Gasteiger partial charge in [-0.1, -0.05) is 24.3 Å². The summed E-state index contributed by atoms with van der Waals surface area (Å²) in [5.74, 6) is -0.445. The molecule has 0 atom stereocenters. The SMILES string of the molecule is COCc1cccc(C(=O)NCc2ccc(F)cc2)c1. The summed E-state index contributed by atoms with van der Waals surface area (Å²) in [5, 5.41) is 2.80. The highest BCUT2D eigenvalue weighted by molar-refractivity contribution is 5.94. The molecular formula is C16H16FNO2. The van der Waals surface area contributed by atoms with E-state index in [1.54, 1.807) is 31.4 Å². The van der Waals surface area contributed by atoms with Crippen molar-refractivity contribution in [1.29, 1.82) is 0 Å². The van der Waals surface area contributed by atoms with Crippen LogP contribution in [0.5, 0.6) is 0 Å². The van der Waals surface area contributed by atoms with Crippen LogP contribution in [-0.2, 0) is 17.9 Å². The van der Waals surface area contributed by atoms with Gasteiger partial charge in [0.2, 0.25) is 0 Å². The Morgan fingerprint density at radius 1 is 1.15 bits per heavy atom. The molecule has 0 aliphatic rings. The highest BCUT2D eigenvalue weighted by Crippen LogP contribution is 2.07. The summed E-state index contributed by atoms with van der Waals surface area (Å²) >= 11 is 0. The van der Waals surface area contributed by atoms with Crippen molar-refractivity contribution < 1.29 is 13.9 Å². The van der Waals surface area contributed by atoms with Crippen LogP contribution in [0.1, 0.15) is 21.5 Å². The Hall–Kier alpha value is -2.20. The lowest BCUT2D eigenvalue weighted by Crippen LogP contribution is -2.22. The van der Waals surface area contributed by atoms with Crippen LogP contribution in [0.4, 0.5) is 4.39 Å². The van der Waals surface area contributed by atoms with Gasteiger partial charge in [0.25, 0.3) is 5.91 Å². The fraction of sp³-hybridized carbons (Fsp3) is 0.188. The van der Waals surface area contributed by atoms with Crippen LogP contribution in [0.15, 0.2) is 48.5 Å². The van der Waals surface area contributed by atoms with Crippen LogP contribution in [0.25, 0.3) is 0 Å². The zero-order valence-corrected chi connectivity index (χ0v) is 11.2. The molecule has 4 heteroatoms. The maximum atomic E-state index is 12.8. The average molecular weight is 273 g/mol. The number of hydrogen-bond acceptors (Lipinski definition) is 2. The van der Waals surface area contributed by atoms with Crippen molar-refractivity contribution in [2.24, 2.45) is 0 Å². The van der Waals surface area contributed by atoms with E-state index in [0.717, 1.165) is 11.1 Å². The van der Waals surface area contributed by atoms with Crippen molar-refractivity contribution >= 4 is 5.91 Å². The smallest absolute Gasteiger partial charge is 0.251 e. The molecule has 0 spiro atoms. The van der Waals surface area contributed by atoms with Gasteiger partial charge in [-0.25, -0.2) is 4.39 Å². The predicted molar refractivity (Wildman–Crippen MR) is 74.7 cm³/mol. The Labute approximate surface area is 117 Å². The zero-order valence-electron chi connectivity index (χ0n) is 11.2. The van der Waals surface area contributed by atoms with E-state index in [9.17, 15) is 9.18 Å². The molecule has 0 radical (unpaired) electrons. The third-order valence-electron chi connectivity index (χ3n) is 2.87. The van der Waals surface area contributed by atoms with Crippen LogP contribution in [-0.4, -0.2) is 13.0 Å². The van der Waals surface area contributed by atoms with Crippen molar-refractivity contribution in [2.75, 3.05) is 7.11 Å². The lowest BCUT2D eigenvalue weighted by atomic mass is 10.1. The molecule has 0 fully saturated rings. The molecule has 0 bridgehead atoms. The fourth-order valence-corrected chi connectivity index (χ4v) is 1.86. The first kappa shape index (κ1) is 14.2. The summed E-state index contributed by atoms with van der Waals surface area (Å²) < 4.78 is 17.8. The number of carbonyl (C=O) groups excluding carboxylic acids is 1. The fourth-order valence-electron chi connectivity index (χ4n) is 1.86. The van der Waals surface area contributed by atoms with Gasteiger partial charge in [0.1, 0.15) is 5.82 Å². The first-order valence-corrected chi connectivity index (χ1v) is 6.29. The summed E-state index contributed by atoms with van der Waals surface area (Å²) in [5.41, 5.74) is 2.39. The quantitative estimate of drug-likeness (QED) is 0.909. The summed E-state index contributed by atoms with van der Waals surface area (Å²) in [6.45, 7) is 0.840. The topological polar surface area (TPSA) is 38.3 Å². The number of hydrogen-bond donors (Lipinski definition) is 1. The van der Waals surface area contributed by atoms with E-state index >= 15 is 0 Å². The first-order chi connectivity index (χ1) is 9.69. The van der Waals surface area contributed by atoms with Crippen molar-refractivity contribution in [3.63, 3.8) is 0 Å². The first-order valence-electron chi connectivity index (χ1n) is 6.29. The number of amides is 1. The summed E-state index contributed by atoms with van der Waals surface area (Å²) in [6, 6.07) is 13.3. The Balaban J connectivity index is 1.97. The maximum Gasteiger partial charge on any atom is 0.251 e. The Morgan fingerprint density at radius 3 is 2.60 bits per heavy atom. The van der Waals surface area contributed by atoms with Crippen LogP contribution in [0.2, 0.25) is 0 Å². The van der Waals surface area contributed by atoms with E-state index in [1.165, 1.54) is 12.1 Å². The molecule has 2 aromatic carbocycles. The summed E-state index contributed by atoms with van der Waals surface area (Å²) in [4.78, 5) is 12.0. The summed E-state index contributed by atoms with van der Waals surface area (Å²) in [6.07, 6.45) is 0. The number of rotatable bonds is 5. The number of methoxy groups -OCH3 is 1. The number of ether oxygens (including phenoxy) is 1. The van der Waals surface area contributed by atoms with Gasteiger partial charge in [-0.05, 0) is 35.4 Å². The van der Waals surface area contributed by atoms with Crippen LogP contribution in [0.3, 0.4) is 0 Å². The number of halogens is 1. The van der Waals surface area contributed by atoms with Crippen LogP contribution < -0.4 is 5.32 Å². The van der Waals surface area contributed by atoms with Crippen LogP contribution >= 0.6 is 0 Å². The monoisotopic (exact) mass is 273 g/mol. The van der Waals surface area contributed by atoms with E-state index in [1.807, 2.05) is 12.1 Å². The van der Waals surface area contributed by atoms with Crippen LogP contribution in [0, 0.1) is 5.82 Å². The highest BCUT2D eigenvalue weighted by Gasteiger charge is 2.06. The lowest BCUT2D eigenvalue weighted by molar-refractivity contribution is 0.0950. The molecule has 0 unspecified atom stereocenters. The zero-order chi connectivity index (χ0) is 14.4. The molecule has 0 saturated carbocycles. The van der Waals surface area contributed by atoms with Gasteiger partial charge in [0.15, 0.2) is 0 Å². The molecule has 3 nitrogen and oxygen atoms in total. The van der Waals surface area contributed by atoms with Crippen molar-refractivity contribution in [3.05, 3.63) is 71.0 Å². The van der Waals surface area contributed by atoms with Gasteiger partial charge in [0, 0.05) is 19.2 Å². The molecule has 2 aromatic rings. The number of benzene rings is 2. The lowest BCUT2D eigenvalue weighted by Gasteiger charge is -2.07. The average Bonchev–Trinajstić information content (AvgIpc) is 2.47. The largest absolute Gasteiger partial charge is 0.380 e. The normalized spacial score (nSPS) is 10.3. The van der Waals surface area contributed by atoms with E-state index in [-0.39, 0.29) is 11.7 Å². The number of carbonyl (C=O) groups is 1. The van der Waals surface area contributed by atoms with Gasteiger partial charge in [-0.2, -0.15) is 0 Å². The molecule has 0 aliphatic heterocycles. The standard InChI is InChI=1S/C16H16FNO2/c1-20-11-13-3-2-4-14(9-13)16(19)18-10-12-5-7-15(17)8-6-12/h2-9H,10-11H2,1H3,(H,18,19). The van der Waals surface area contributed by atoms with E-state index in [4.69, 9.17) is 4.74 Å². The van der Waals surface area contributed by atoms with Gasteiger partial charge in [-0.3, -0.25) is 4.79 Å². The Morgan fingerprint density at radius 2 is 1.90 bits per heavy atom. The minimum Gasteiger partial charge on any atom is -0.380 e. The highest BCUT2D eigenvalue weighted by atomic mass is 19.1. The minimum atomic E-state index is -0.285. The third-order valence-corrected chi connectivity index (χ3v) is 2.87. The molecular weight excluding hydrogens is 257 g/mol. The Bertz CT molecular complexity index is 581. The maximum absolute atomic E-state index is 12.8. The van der Waals surface area contributed by atoms with Gasteiger partial charge in [-0.15, -0.1) is 0 Å². The van der Waals surface area contributed by atoms with E-state index in [0.29, 0.717) is 18.7 Å². The molecule has 1 N–H and O–H groups in total. The molecule has 0 saturated heterocycles. The molecule has 0 aromatic heterocycles. The van der Waals surface area contributed by atoms with Gasteiger partial charge < -0.3 is 10.1 Å². The van der Waals surface area contributed by atoms with E-state index < -0.39 is 0 Å². The van der Waals surface area contributed by atoms with Crippen molar-refractivity contribution in [3.8, 4) is 0 Å². The van der Waals surface area contributed by atoms with Gasteiger partial charge in [0.05, 0.1) is 6.61 Å². The second-order valence-electron chi connectivity index (χ2n) is 4.44. The van der Waals surface area contributed by atoms with Gasteiger partial charge >= 0.3 is 0 Å². The minimum absolute atomic E-state index is 0.160. The van der Waals surface area contributed by atoms with E-state index in [2.05, 4.69) is 5.32 Å². The van der Waals surface area contributed by atoms with Crippen molar-refractivity contribution in [1.82, 2.24) is 5.32 Å².